The monoisotopic (exact) mass is 266 g/mol. The molecular weight excluding hydrogens is 248 g/mol. The van der Waals surface area contributed by atoms with E-state index in [9.17, 15) is 14.9 Å². The van der Waals surface area contributed by atoms with Gasteiger partial charge in [0.05, 0.1) is 16.3 Å². The lowest BCUT2D eigenvalue weighted by Crippen LogP contribution is -2.31. The number of nitrogens with two attached hydrogens (primary N) is 1. The lowest BCUT2D eigenvalue weighted by molar-refractivity contribution is -0.384. The van der Waals surface area contributed by atoms with E-state index in [1.165, 1.54) is 18.2 Å². The molecule has 0 aliphatic heterocycles. The lowest BCUT2D eigenvalue weighted by atomic mass is 10.2. The van der Waals surface area contributed by atoms with Crippen molar-refractivity contribution in [2.45, 2.75) is 26.3 Å². The Morgan fingerprint density at radius 3 is 2.68 bits per heavy atom. The molecule has 1 aromatic rings. The van der Waals surface area contributed by atoms with Crippen molar-refractivity contribution in [3.63, 3.8) is 0 Å². The van der Waals surface area contributed by atoms with Crippen LogP contribution in [0.15, 0.2) is 18.2 Å². The second-order valence-corrected chi connectivity index (χ2v) is 4.43. The molecule has 1 rings (SSSR count). The summed E-state index contributed by atoms with van der Waals surface area (Å²) >= 11 is 0. The van der Waals surface area contributed by atoms with Gasteiger partial charge in [-0.1, -0.05) is 0 Å². The first kappa shape index (κ1) is 14.7. The molecule has 0 heterocycles. The van der Waals surface area contributed by atoms with Crippen LogP contribution in [0.1, 0.15) is 20.3 Å². The second kappa shape index (κ2) is 6.58. The van der Waals surface area contributed by atoms with Crippen LogP contribution in [0.5, 0.6) is 0 Å². The number of nitrogens with one attached hydrogen (secondary N) is 2. The summed E-state index contributed by atoms with van der Waals surface area (Å²) in [6, 6.07) is 4.30. The van der Waals surface area contributed by atoms with Gasteiger partial charge in [0.2, 0.25) is 5.91 Å². The van der Waals surface area contributed by atoms with Crippen molar-refractivity contribution < 1.29 is 9.72 Å². The molecule has 1 amide bonds. The van der Waals surface area contributed by atoms with Crippen LogP contribution in [0.2, 0.25) is 0 Å². The highest BCUT2D eigenvalue weighted by Gasteiger charge is 2.09. The van der Waals surface area contributed by atoms with Crippen molar-refractivity contribution >= 4 is 23.0 Å². The predicted molar refractivity (Wildman–Crippen MR) is 73.9 cm³/mol. The molecule has 0 radical (unpaired) electrons. The van der Waals surface area contributed by atoms with Crippen LogP contribution in [0.25, 0.3) is 0 Å². The van der Waals surface area contributed by atoms with E-state index in [0.717, 1.165) is 0 Å². The molecule has 7 nitrogen and oxygen atoms in total. The molecule has 0 atom stereocenters. The maximum Gasteiger partial charge on any atom is 0.271 e. The summed E-state index contributed by atoms with van der Waals surface area (Å²) in [5, 5.41) is 16.3. The third-order valence-electron chi connectivity index (χ3n) is 2.36. The van der Waals surface area contributed by atoms with Gasteiger partial charge in [0, 0.05) is 31.1 Å². The molecule has 0 aromatic heterocycles. The minimum absolute atomic E-state index is 0.0528. The van der Waals surface area contributed by atoms with Gasteiger partial charge in [-0.05, 0) is 19.9 Å². The largest absolute Gasteiger partial charge is 0.397 e. The van der Waals surface area contributed by atoms with Crippen molar-refractivity contribution in [2.24, 2.45) is 0 Å². The number of hydrogen-bond acceptors (Lipinski definition) is 5. The van der Waals surface area contributed by atoms with E-state index in [1.807, 2.05) is 13.8 Å². The molecule has 0 fully saturated rings. The summed E-state index contributed by atoms with van der Waals surface area (Å²) in [7, 11) is 0. The molecule has 4 N–H and O–H groups in total. The van der Waals surface area contributed by atoms with E-state index in [0.29, 0.717) is 24.3 Å². The Labute approximate surface area is 111 Å². The molecule has 1 aromatic carbocycles. The number of hydrogen-bond donors (Lipinski definition) is 3. The number of carbonyl (C=O) groups excluding carboxylic acids is 1. The molecule has 7 heteroatoms. The van der Waals surface area contributed by atoms with Crippen LogP contribution in [0, 0.1) is 10.1 Å². The summed E-state index contributed by atoms with van der Waals surface area (Å²) in [5.74, 6) is -0.0528. The zero-order chi connectivity index (χ0) is 14.4. The number of benzene rings is 1. The van der Waals surface area contributed by atoms with Gasteiger partial charge in [0.25, 0.3) is 5.69 Å². The Kier molecular flexibility index (Phi) is 5.11. The summed E-state index contributed by atoms with van der Waals surface area (Å²) in [6.07, 6.45) is 0.314. The molecule has 0 aliphatic carbocycles. The number of carbonyl (C=O) groups is 1. The van der Waals surface area contributed by atoms with Crippen molar-refractivity contribution in [1.82, 2.24) is 5.32 Å². The molecule has 0 saturated heterocycles. The van der Waals surface area contributed by atoms with Gasteiger partial charge < -0.3 is 16.4 Å². The Hall–Kier alpha value is -2.31. The smallest absolute Gasteiger partial charge is 0.271 e. The Morgan fingerprint density at radius 2 is 2.16 bits per heavy atom. The number of anilines is 2. The molecule has 0 unspecified atom stereocenters. The molecule has 0 spiro atoms. The van der Waals surface area contributed by atoms with Gasteiger partial charge in [-0.3, -0.25) is 14.9 Å². The number of amides is 1. The average Bonchev–Trinajstić information content (AvgIpc) is 2.29. The van der Waals surface area contributed by atoms with Crippen LogP contribution < -0.4 is 16.4 Å². The number of nitro benzene ring substituents is 1. The highest BCUT2D eigenvalue weighted by atomic mass is 16.6. The number of rotatable bonds is 6. The van der Waals surface area contributed by atoms with E-state index in [2.05, 4.69) is 10.6 Å². The highest BCUT2D eigenvalue weighted by Crippen LogP contribution is 2.23. The van der Waals surface area contributed by atoms with Crippen LogP contribution in [0.4, 0.5) is 17.1 Å². The van der Waals surface area contributed by atoms with Gasteiger partial charge in [0.15, 0.2) is 0 Å². The van der Waals surface area contributed by atoms with Gasteiger partial charge in [-0.15, -0.1) is 0 Å². The van der Waals surface area contributed by atoms with Crippen LogP contribution in [-0.4, -0.2) is 23.4 Å². The van der Waals surface area contributed by atoms with Gasteiger partial charge in [0.1, 0.15) is 0 Å². The quantitative estimate of drug-likeness (QED) is 0.410. The van der Waals surface area contributed by atoms with Crippen molar-refractivity contribution in [3.8, 4) is 0 Å². The normalized spacial score (nSPS) is 10.3. The molecular formula is C12H18N4O3. The predicted octanol–water partition coefficient (Wildman–Crippen LogP) is 1.50. The number of nitrogens with zero attached hydrogens (tertiary/aromatic N) is 1. The van der Waals surface area contributed by atoms with Crippen LogP contribution in [0.3, 0.4) is 0 Å². The summed E-state index contributed by atoms with van der Waals surface area (Å²) in [6.45, 7) is 4.19. The maximum absolute atomic E-state index is 11.4. The van der Waals surface area contributed by atoms with Crippen molar-refractivity contribution in [1.29, 1.82) is 0 Å². The summed E-state index contributed by atoms with van der Waals surface area (Å²) in [4.78, 5) is 21.4. The SMILES string of the molecule is CC(C)NC(=O)CCNc1ccc([N+](=O)[O-])cc1N. The third-order valence-corrected chi connectivity index (χ3v) is 2.36. The average molecular weight is 266 g/mol. The fourth-order valence-corrected chi connectivity index (χ4v) is 1.53. The number of non-ortho nitro benzene ring substituents is 1. The minimum atomic E-state index is -0.504. The number of nitrogen functional groups attached to an aromatic ring is 1. The molecule has 104 valence electrons. The Morgan fingerprint density at radius 1 is 1.47 bits per heavy atom. The fourth-order valence-electron chi connectivity index (χ4n) is 1.53. The van der Waals surface area contributed by atoms with Crippen LogP contribution >= 0.6 is 0 Å². The zero-order valence-electron chi connectivity index (χ0n) is 11.0. The van der Waals surface area contributed by atoms with E-state index in [4.69, 9.17) is 5.73 Å². The van der Waals surface area contributed by atoms with Gasteiger partial charge in [-0.25, -0.2) is 0 Å². The molecule has 0 saturated carbocycles. The van der Waals surface area contributed by atoms with E-state index in [1.54, 1.807) is 0 Å². The maximum atomic E-state index is 11.4. The van der Waals surface area contributed by atoms with E-state index >= 15 is 0 Å². The second-order valence-electron chi connectivity index (χ2n) is 4.43. The van der Waals surface area contributed by atoms with Crippen molar-refractivity contribution in [2.75, 3.05) is 17.6 Å². The van der Waals surface area contributed by atoms with Crippen LogP contribution in [-0.2, 0) is 4.79 Å². The first-order chi connectivity index (χ1) is 8.90. The highest BCUT2D eigenvalue weighted by molar-refractivity contribution is 5.77. The Balaban J connectivity index is 2.50. The van der Waals surface area contributed by atoms with Gasteiger partial charge in [-0.2, -0.15) is 0 Å². The standard InChI is InChI=1S/C12H18N4O3/c1-8(2)15-12(17)5-6-14-11-4-3-9(16(18)19)7-10(11)13/h3-4,7-8,14H,5-6,13H2,1-2H3,(H,15,17). The fraction of sp³-hybridized carbons (Fsp3) is 0.417. The topological polar surface area (TPSA) is 110 Å². The Bertz CT molecular complexity index is 474. The van der Waals surface area contributed by atoms with Gasteiger partial charge >= 0.3 is 0 Å². The number of nitro groups is 1. The zero-order valence-corrected chi connectivity index (χ0v) is 11.0. The molecule has 0 aliphatic rings. The van der Waals surface area contributed by atoms with E-state index in [-0.39, 0.29) is 17.6 Å². The molecule has 0 bridgehead atoms. The molecule has 19 heavy (non-hydrogen) atoms. The first-order valence-corrected chi connectivity index (χ1v) is 5.97. The third kappa shape index (κ3) is 4.82. The summed E-state index contributed by atoms with van der Waals surface area (Å²) < 4.78 is 0. The minimum Gasteiger partial charge on any atom is -0.397 e. The first-order valence-electron chi connectivity index (χ1n) is 5.97. The lowest BCUT2D eigenvalue weighted by Gasteiger charge is -2.10. The van der Waals surface area contributed by atoms with Crippen molar-refractivity contribution in [3.05, 3.63) is 28.3 Å². The summed E-state index contributed by atoms with van der Waals surface area (Å²) in [5.41, 5.74) is 6.51. The van der Waals surface area contributed by atoms with E-state index < -0.39 is 4.92 Å².